The van der Waals surface area contributed by atoms with Crippen molar-refractivity contribution in [2.24, 2.45) is 10.2 Å². The van der Waals surface area contributed by atoms with Gasteiger partial charge in [0.25, 0.3) is 0 Å². The van der Waals surface area contributed by atoms with Gasteiger partial charge in [0, 0.05) is 12.6 Å². The first-order chi connectivity index (χ1) is 12.7. The fourth-order valence-corrected chi connectivity index (χ4v) is 2.49. The molecule has 0 spiro atoms. The van der Waals surface area contributed by atoms with Crippen LogP contribution in [0.2, 0.25) is 0 Å². The van der Waals surface area contributed by atoms with Gasteiger partial charge in [-0.15, -0.1) is 0 Å². The number of alkyl halides is 3. The van der Waals surface area contributed by atoms with Crippen molar-refractivity contribution in [1.29, 1.82) is 0 Å². The fraction of sp³-hybridized carbons (Fsp3) is 0.176. The largest absolute Gasteiger partial charge is 0.339 e. The number of hydrogen-bond acceptors (Lipinski definition) is 4. The lowest BCUT2D eigenvalue weighted by atomic mass is 10.3. The summed E-state index contributed by atoms with van der Waals surface area (Å²) in [6.07, 6.45) is -0.987. The number of azo groups is 1. The molecule has 10 heteroatoms. The van der Waals surface area contributed by atoms with Crippen molar-refractivity contribution in [1.82, 2.24) is 10.6 Å². The molecular formula is C17H16Cl3N5OS. The van der Waals surface area contributed by atoms with Gasteiger partial charge in [0.2, 0.25) is 9.70 Å². The number of benzene rings is 2. The predicted octanol–water partition coefficient (Wildman–Crippen LogP) is 5.22. The molecule has 27 heavy (non-hydrogen) atoms. The van der Waals surface area contributed by atoms with Crippen LogP contribution in [0.3, 0.4) is 0 Å². The van der Waals surface area contributed by atoms with Gasteiger partial charge in [-0.1, -0.05) is 53.0 Å². The number of thiocarbonyl (C=S) groups is 1. The summed E-state index contributed by atoms with van der Waals surface area (Å²) in [6, 6.07) is 16.5. The van der Waals surface area contributed by atoms with E-state index in [4.69, 9.17) is 47.0 Å². The molecule has 0 heterocycles. The number of nitrogens with one attached hydrogen (secondary N) is 3. The molecule has 0 aliphatic heterocycles. The highest BCUT2D eigenvalue weighted by Gasteiger charge is 2.33. The zero-order chi connectivity index (χ0) is 19.9. The highest BCUT2D eigenvalue weighted by molar-refractivity contribution is 7.80. The molecule has 3 N–H and O–H groups in total. The number of rotatable bonds is 5. The number of carbonyl (C=O) groups excluding carboxylic acids is 1. The normalized spacial score (nSPS) is 12.4. The van der Waals surface area contributed by atoms with Crippen molar-refractivity contribution < 1.29 is 4.79 Å². The Labute approximate surface area is 177 Å². The molecule has 2 aromatic carbocycles. The van der Waals surface area contributed by atoms with Gasteiger partial charge in [0.05, 0.1) is 11.4 Å². The SMILES string of the molecule is CC(=O)N[C@@H](NC(=S)Nc1ccc(N=Nc2ccccc2)cc1)C(Cl)(Cl)Cl. The summed E-state index contributed by atoms with van der Waals surface area (Å²) in [5, 5.41) is 16.6. The zero-order valence-corrected chi connectivity index (χ0v) is 17.2. The van der Waals surface area contributed by atoms with Crippen LogP contribution in [-0.4, -0.2) is 21.0 Å². The summed E-state index contributed by atoms with van der Waals surface area (Å²) in [6.45, 7) is 1.31. The lowest BCUT2D eigenvalue weighted by molar-refractivity contribution is -0.119. The number of amides is 1. The molecule has 0 aliphatic carbocycles. The second-order valence-electron chi connectivity index (χ2n) is 5.36. The van der Waals surface area contributed by atoms with Crippen LogP contribution in [0.15, 0.2) is 64.8 Å². The molecule has 1 amide bonds. The third kappa shape index (κ3) is 7.68. The summed E-state index contributed by atoms with van der Waals surface area (Å²) in [5.41, 5.74) is 2.14. The standard InChI is InChI=1S/C17H16Cl3N5OS/c1-11(26)21-15(17(18,19)20)23-16(27)22-12-7-9-14(10-8-12)25-24-13-5-3-2-4-6-13/h2-10,15H,1H3,(H,21,26)(H2,22,23,27)/t15-/m0/s1. The Morgan fingerprint density at radius 3 is 2.04 bits per heavy atom. The van der Waals surface area contributed by atoms with Gasteiger partial charge in [-0.05, 0) is 48.6 Å². The van der Waals surface area contributed by atoms with E-state index in [1.54, 1.807) is 24.3 Å². The number of nitrogens with zero attached hydrogens (tertiary/aromatic N) is 2. The highest BCUT2D eigenvalue weighted by Crippen LogP contribution is 2.29. The molecule has 0 bridgehead atoms. The topological polar surface area (TPSA) is 77.9 Å². The third-order valence-corrected chi connectivity index (χ3v) is 3.99. The molecular weight excluding hydrogens is 429 g/mol. The number of anilines is 1. The van der Waals surface area contributed by atoms with Crippen LogP contribution in [0, 0.1) is 0 Å². The van der Waals surface area contributed by atoms with Crippen LogP contribution in [0.5, 0.6) is 0 Å². The lowest BCUT2D eigenvalue weighted by Gasteiger charge is -2.27. The highest BCUT2D eigenvalue weighted by atomic mass is 35.6. The van der Waals surface area contributed by atoms with Crippen molar-refractivity contribution in [3.63, 3.8) is 0 Å². The molecule has 0 saturated carbocycles. The molecule has 2 rings (SSSR count). The monoisotopic (exact) mass is 443 g/mol. The Kier molecular flexibility index (Phi) is 7.79. The maximum atomic E-state index is 11.2. The Bertz CT molecular complexity index is 810. The maximum Gasteiger partial charge on any atom is 0.228 e. The van der Waals surface area contributed by atoms with Crippen LogP contribution in [0.25, 0.3) is 0 Å². The smallest absolute Gasteiger partial charge is 0.228 e. The Morgan fingerprint density at radius 1 is 0.963 bits per heavy atom. The van der Waals surface area contributed by atoms with Gasteiger partial charge in [0.15, 0.2) is 5.11 Å². The first-order valence-electron chi connectivity index (χ1n) is 7.72. The quantitative estimate of drug-likeness (QED) is 0.256. The van der Waals surface area contributed by atoms with Crippen LogP contribution < -0.4 is 16.0 Å². The summed E-state index contributed by atoms with van der Waals surface area (Å²) < 4.78 is -1.78. The second kappa shape index (κ2) is 9.85. The molecule has 2 aromatic rings. The first-order valence-corrected chi connectivity index (χ1v) is 9.26. The number of hydrogen-bond donors (Lipinski definition) is 3. The van der Waals surface area contributed by atoms with Gasteiger partial charge in [-0.25, -0.2) is 0 Å². The van der Waals surface area contributed by atoms with Crippen LogP contribution in [-0.2, 0) is 4.79 Å². The molecule has 0 fully saturated rings. The van der Waals surface area contributed by atoms with E-state index in [0.717, 1.165) is 5.69 Å². The summed E-state index contributed by atoms with van der Waals surface area (Å²) in [5.74, 6) is -0.366. The third-order valence-electron chi connectivity index (χ3n) is 3.11. The van der Waals surface area contributed by atoms with E-state index in [9.17, 15) is 4.79 Å². The van der Waals surface area contributed by atoms with E-state index in [2.05, 4.69) is 26.2 Å². The van der Waals surface area contributed by atoms with E-state index in [-0.39, 0.29) is 11.0 Å². The van der Waals surface area contributed by atoms with Crippen molar-refractivity contribution in [2.45, 2.75) is 16.9 Å². The number of halogens is 3. The summed E-state index contributed by atoms with van der Waals surface area (Å²) in [7, 11) is 0. The van der Waals surface area contributed by atoms with Crippen molar-refractivity contribution in [3.05, 3.63) is 54.6 Å². The maximum absolute atomic E-state index is 11.2. The minimum absolute atomic E-state index is 0.179. The van der Waals surface area contributed by atoms with E-state index < -0.39 is 9.96 Å². The minimum Gasteiger partial charge on any atom is -0.339 e. The van der Waals surface area contributed by atoms with E-state index >= 15 is 0 Å². The second-order valence-corrected chi connectivity index (χ2v) is 8.13. The zero-order valence-electron chi connectivity index (χ0n) is 14.1. The van der Waals surface area contributed by atoms with Gasteiger partial charge >= 0.3 is 0 Å². The molecule has 0 aromatic heterocycles. The van der Waals surface area contributed by atoms with Crippen LogP contribution >= 0.6 is 47.0 Å². The van der Waals surface area contributed by atoms with Crippen LogP contribution in [0.1, 0.15) is 6.92 Å². The number of carbonyl (C=O) groups is 1. The summed E-state index contributed by atoms with van der Waals surface area (Å²) >= 11 is 22.7. The van der Waals surface area contributed by atoms with Crippen molar-refractivity contribution in [2.75, 3.05) is 5.32 Å². The van der Waals surface area contributed by atoms with E-state index in [1.165, 1.54) is 6.92 Å². The molecule has 0 saturated heterocycles. The molecule has 0 radical (unpaired) electrons. The van der Waals surface area contributed by atoms with Gasteiger partial charge in [0.1, 0.15) is 6.17 Å². The first kappa shape index (κ1) is 21.4. The van der Waals surface area contributed by atoms with Gasteiger partial charge in [-0.3, -0.25) is 4.79 Å². The lowest BCUT2D eigenvalue weighted by Crippen LogP contribution is -2.55. The molecule has 0 unspecified atom stereocenters. The molecule has 142 valence electrons. The average molecular weight is 445 g/mol. The predicted molar refractivity (Wildman–Crippen MR) is 114 cm³/mol. The van der Waals surface area contributed by atoms with Crippen LogP contribution in [0.4, 0.5) is 17.1 Å². The van der Waals surface area contributed by atoms with Crippen molar-refractivity contribution >= 4 is 75.1 Å². The Balaban J connectivity index is 1.96. The van der Waals surface area contributed by atoms with Crippen molar-refractivity contribution in [3.8, 4) is 0 Å². The molecule has 0 aliphatic rings. The summed E-state index contributed by atoms with van der Waals surface area (Å²) in [4.78, 5) is 11.2. The Hall–Kier alpha value is -1.93. The van der Waals surface area contributed by atoms with Gasteiger partial charge in [-0.2, -0.15) is 10.2 Å². The molecule has 6 nitrogen and oxygen atoms in total. The minimum atomic E-state index is -1.78. The van der Waals surface area contributed by atoms with E-state index in [0.29, 0.717) is 11.4 Å². The van der Waals surface area contributed by atoms with Gasteiger partial charge < -0.3 is 16.0 Å². The average Bonchev–Trinajstić information content (AvgIpc) is 2.60. The van der Waals surface area contributed by atoms with E-state index in [1.807, 2.05) is 30.3 Å². The Morgan fingerprint density at radius 2 is 1.52 bits per heavy atom. The fourth-order valence-electron chi connectivity index (χ4n) is 1.92. The molecule has 1 atom stereocenters.